The normalized spacial score (nSPS) is 10.8. The molecular weight excluding hydrogens is 358 g/mol. The van der Waals surface area contributed by atoms with Crippen LogP contribution in [0.25, 0.3) is 6.08 Å². The third-order valence-electron chi connectivity index (χ3n) is 2.57. The van der Waals surface area contributed by atoms with E-state index in [9.17, 15) is 4.79 Å². The highest BCUT2D eigenvalue weighted by atomic mass is 79.9. The molecule has 108 valence electrons. The largest absolute Gasteiger partial charge is 0.478 e. The number of benzene rings is 1. The summed E-state index contributed by atoms with van der Waals surface area (Å²) in [5.41, 5.74) is 1.49. The number of aliphatic carboxylic acids is 1. The molecule has 1 aromatic carbocycles. The summed E-state index contributed by atoms with van der Waals surface area (Å²) in [5, 5.41) is 9.20. The third kappa shape index (κ3) is 4.31. The first-order chi connectivity index (χ1) is 9.95. The summed E-state index contributed by atoms with van der Waals surface area (Å²) in [4.78, 5) is 14.7. The maximum Gasteiger partial charge on any atom is 0.328 e. The van der Waals surface area contributed by atoms with E-state index in [2.05, 4.69) is 20.9 Å². The second kappa shape index (κ2) is 6.74. The first-order valence-electron chi connectivity index (χ1n) is 5.96. The number of halogens is 2. The zero-order chi connectivity index (χ0) is 15.4. The molecule has 0 saturated heterocycles. The standard InChI is InChI=1S/C15H11BrClNO3/c1-9-6-10(2-5-14(19)20)8-18-15(9)21-13-4-3-11(17)7-12(13)16/h2-8H,1H3,(H,19,20)/b5-2+. The number of hydrogen-bond donors (Lipinski definition) is 1. The van der Waals surface area contributed by atoms with Crippen molar-refractivity contribution >= 4 is 39.6 Å². The maximum atomic E-state index is 10.5. The van der Waals surface area contributed by atoms with Crippen molar-refractivity contribution in [2.24, 2.45) is 0 Å². The van der Waals surface area contributed by atoms with Gasteiger partial charge in [-0.3, -0.25) is 0 Å². The Morgan fingerprint density at radius 3 is 2.81 bits per heavy atom. The zero-order valence-electron chi connectivity index (χ0n) is 11.0. The minimum atomic E-state index is -1.00. The molecule has 0 fully saturated rings. The summed E-state index contributed by atoms with van der Waals surface area (Å²) >= 11 is 9.25. The molecule has 0 aliphatic rings. The smallest absolute Gasteiger partial charge is 0.328 e. The van der Waals surface area contributed by atoms with Crippen LogP contribution in [-0.2, 0) is 4.79 Å². The zero-order valence-corrected chi connectivity index (χ0v) is 13.4. The average molecular weight is 369 g/mol. The van der Waals surface area contributed by atoms with Gasteiger partial charge in [-0.1, -0.05) is 11.6 Å². The number of ether oxygens (including phenoxy) is 1. The van der Waals surface area contributed by atoms with Crippen LogP contribution in [0.3, 0.4) is 0 Å². The number of pyridine rings is 1. The van der Waals surface area contributed by atoms with Gasteiger partial charge in [0.2, 0.25) is 5.88 Å². The number of nitrogens with zero attached hydrogens (tertiary/aromatic N) is 1. The monoisotopic (exact) mass is 367 g/mol. The van der Waals surface area contributed by atoms with Gasteiger partial charge in [-0.25, -0.2) is 9.78 Å². The van der Waals surface area contributed by atoms with Crippen LogP contribution in [-0.4, -0.2) is 16.1 Å². The molecule has 2 rings (SSSR count). The molecule has 0 radical (unpaired) electrons. The van der Waals surface area contributed by atoms with Gasteiger partial charge in [0.15, 0.2) is 0 Å². The van der Waals surface area contributed by atoms with Crippen molar-refractivity contribution in [1.82, 2.24) is 4.98 Å². The lowest BCUT2D eigenvalue weighted by Crippen LogP contribution is -1.93. The quantitative estimate of drug-likeness (QED) is 0.795. The van der Waals surface area contributed by atoms with Gasteiger partial charge in [-0.2, -0.15) is 0 Å². The Bertz CT molecular complexity index is 716. The fourth-order valence-corrected chi connectivity index (χ4v) is 2.38. The molecule has 6 heteroatoms. The molecular formula is C15H11BrClNO3. The summed E-state index contributed by atoms with van der Waals surface area (Å²) in [6.45, 7) is 1.84. The molecule has 1 aromatic heterocycles. The van der Waals surface area contributed by atoms with Gasteiger partial charge in [-0.05, 0) is 58.8 Å². The Labute approximate surface area is 135 Å². The lowest BCUT2D eigenvalue weighted by atomic mass is 10.2. The lowest BCUT2D eigenvalue weighted by molar-refractivity contribution is -0.131. The molecule has 4 nitrogen and oxygen atoms in total. The second-order valence-electron chi connectivity index (χ2n) is 4.24. The Hall–Kier alpha value is -1.85. The molecule has 2 aromatic rings. The predicted octanol–water partition coefficient (Wildman–Crippen LogP) is 4.70. The first-order valence-corrected chi connectivity index (χ1v) is 7.13. The summed E-state index contributed by atoms with van der Waals surface area (Å²) in [6, 6.07) is 6.99. The maximum absolute atomic E-state index is 10.5. The van der Waals surface area contributed by atoms with E-state index in [0.29, 0.717) is 22.2 Å². The van der Waals surface area contributed by atoms with E-state index < -0.39 is 5.97 Å². The van der Waals surface area contributed by atoms with Crippen LogP contribution in [0.15, 0.2) is 41.0 Å². The molecule has 21 heavy (non-hydrogen) atoms. The van der Waals surface area contributed by atoms with E-state index in [0.717, 1.165) is 16.1 Å². The number of carbonyl (C=O) groups is 1. The highest BCUT2D eigenvalue weighted by Crippen LogP contribution is 2.32. The Balaban J connectivity index is 2.23. The minimum Gasteiger partial charge on any atom is -0.478 e. The van der Waals surface area contributed by atoms with E-state index in [1.165, 1.54) is 6.08 Å². The molecule has 1 heterocycles. The summed E-state index contributed by atoms with van der Waals surface area (Å²) in [7, 11) is 0. The third-order valence-corrected chi connectivity index (χ3v) is 3.43. The van der Waals surface area contributed by atoms with Gasteiger partial charge in [0.25, 0.3) is 0 Å². The predicted molar refractivity (Wildman–Crippen MR) is 84.9 cm³/mol. The molecule has 0 spiro atoms. The van der Waals surface area contributed by atoms with Crippen LogP contribution in [0.5, 0.6) is 11.6 Å². The highest BCUT2D eigenvalue weighted by molar-refractivity contribution is 9.10. The molecule has 0 atom stereocenters. The van der Waals surface area contributed by atoms with Gasteiger partial charge < -0.3 is 9.84 Å². The van der Waals surface area contributed by atoms with E-state index in [1.807, 2.05) is 6.92 Å². The van der Waals surface area contributed by atoms with Gasteiger partial charge in [0, 0.05) is 22.9 Å². The number of aryl methyl sites for hydroxylation is 1. The van der Waals surface area contributed by atoms with Crippen LogP contribution in [0.1, 0.15) is 11.1 Å². The van der Waals surface area contributed by atoms with Gasteiger partial charge >= 0.3 is 5.97 Å². The number of aromatic nitrogens is 1. The number of carboxylic acids is 1. The Kier molecular flexibility index (Phi) is 4.98. The fourth-order valence-electron chi connectivity index (χ4n) is 1.61. The Morgan fingerprint density at radius 1 is 1.43 bits per heavy atom. The summed E-state index contributed by atoms with van der Waals surface area (Å²) in [6.07, 6.45) is 4.09. The van der Waals surface area contributed by atoms with Crippen molar-refractivity contribution in [3.05, 3.63) is 57.2 Å². The van der Waals surface area contributed by atoms with Crippen molar-refractivity contribution in [2.45, 2.75) is 6.92 Å². The van der Waals surface area contributed by atoms with Crippen molar-refractivity contribution in [2.75, 3.05) is 0 Å². The van der Waals surface area contributed by atoms with Gasteiger partial charge in [-0.15, -0.1) is 0 Å². The Morgan fingerprint density at radius 2 is 2.19 bits per heavy atom. The molecule has 0 aliphatic heterocycles. The molecule has 0 bridgehead atoms. The van der Waals surface area contributed by atoms with Crippen LogP contribution >= 0.6 is 27.5 Å². The number of hydrogen-bond acceptors (Lipinski definition) is 3. The van der Waals surface area contributed by atoms with Crippen molar-refractivity contribution in [1.29, 1.82) is 0 Å². The molecule has 0 aliphatic carbocycles. The highest BCUT2D eigenvalue weighted by Gasteiger charge is 2.07. The van der Waals surface area contributed by atoms with Crippen LogP contribution < -0.4 is 4.74 Å². The van der Waals surface area contributed by atoms with Crippen molar-refractivity contribution < 1.29 is 14.6 Å². The fraction of sp³-hybridized carbons (Fsp3) is 0.0667. The summed E-state index contributed by atoms with van der Waals surface area (Å²) < 4.78 is 6.45. The van der Waals surface area contributed by atoms with E-state index in [-0.39, 0.29) is 0 Å². The number of carboxylic acid groups (broad SMARTS) is 1. The van der Waals surface area contributed by atoms with Gasteiger partial charge in [0.05, 0.1) is 4.47 Å². The SMILES string of the molecule is Cc1cc(/C=C/C(=O)O)cnc1Oc1ccc(Cl)cc1Br. The second-order valence-corrected chi connectivity index (χ2v) is 5.53. The van der Waals surface area contributed by atoms with Crippen LogP contribution in [0.4, 0.5) is 0 Å². The lowest BCUT2D eigenvalue weighted by Gasteiger charge is -2.09. The van der Waals surface area contributed by atoms with E-state index in [4.69, 9.17) is 21.4 Å². The van der Waals surface area contributed by atoms with E-state index >= 15 is 0 Å². The van der Waals surface area contributed by atoms with Crippen molar-refractivity contribution in [3.8, 4) is 11.6 Å². The van der Waals surface area contributed by atoms with Crippen molar-refractivity contribution in [3.63, 3.8) is 0 Å². The van der Waals surface area contributed by atoms with Crippen LogP contribution in [0, 0.1) is 6.92 Å². The molecule has 0 unspecified atom stereocenters. The van der Waals surface area contributed by atoms with Crippen LogP contribution in [0.2, 0.25) is 5.02 Å². The van der Waals surface area contributed by atoms with Gasteiger partial charge in [0.1, 0.15) is 5.75 Å². The minimum absolute atomic E-state index is 0.450. The summed E-state index contributed by atoms with van der Waals surface area (Å²) in [5.74, 6) is 0.0485. The molecule has 0 saturated carbocycles. The molecule has 1 N–H and O–H groups in total. The average Bonchev–Trinajstić information content (AvgIpc) is 2.42. The topological polar surface area (TPSA) is 59.4 Å². The number of rotatable bonds is 4. The first kappa shape index (κ1) is 15.5. The van der Waals surface area contributed by atoms with E-state index in [1.54, 1.807) is 30.5 Å². The molecule has 0 amide bonds.